The van der Waals surface area contributed by atoms with Crippen LogP contribution >= 0.6 is 0 Å². The Kier molecular flexibility index (Phi) is 4.26. The summed E-state index contributed by atoms with van der Waals surface area (Å²) in [5.41, 5.74) is 7.43. The second-order valence-electron chi connectivity index (χ2n) is 5.36. The van der Waals surface area contributed by atoms with E-state index in [0.717, 1.165) is 5.56 Å². The molecule has 112 valence electrons. The molecule has 1 atom stereocenters. The zero-order chi connectivity index (χ0) is 15.6. The lowest BCUT2D eigenvalue weighted by Gasteiger charge is -2.25. The second-order valence-corrected chi connectivity index (χ2v) is 5.36. The summed E-state index contributed by atoms with van der Waals surface area (Å²) in [5.74, 6) is 0.260. The van der Waals surface area contributed by atoms with Crippen LogP contribution in [-0.4, -0.2) is 32.6 Å². The molecule has 0 aromatic carbocycles. The summed E-state index contributed by atoms with van der Waals surface area (Å²) in [4.78, 5) is 18.3. The minimum absolute atomic E-state index is 0.0898. The Morgan fingerprint density at radius 2 is 2.05 bits per heavy atom. The monoisotopic (exact) mass is 287 g/mol. The van der Waals surface area contributed by atoms with E-state index in [1.807, 2.05) is 32.9 Å². The van der Waals surface area contributed by atoms with Gasteiger partial charge in [-0.15, -0.1) is 0 Å². The zero-order valence-corrected chi connectivity index (χ0v) is 12.8. The number of hydrogen-bond acceptors (Lipinski definition) is 4. The standard InChI is InChI=1S/C15H21N5O/c1-10(2)20-14(16)13(9-18-20)15(21)19(4)11(3)12-6-5-7-17-8-12/h5-11H,16H2,1-4H3/t11-/m1/s1. The summed E-state index contributed by atoms with van der Waals surface area (Å²) >= 11 is 0. The van der Waals surface area contributed by atoms with Crippen molar-refractivity contribution in [2.45, 2.75) is 32.9 Å². The maximum absolute atomic E-state index is 12.6. The average molecular weight is 287 g/mol. The van der Waals surface area contributed by atoms with Crippen LogP contribution in [0.5, 0.6) is 0 Å². The number of amides is 1. The molecule has 0 spiro atoms. The van der Waals surface area contributed by atoms with Gasteiger partial charge in [0.1, 0.15) is 11.4 Å². The van der Waals surface area contributed by atoms with Gasteiger partial charge in [0.05, 0.1) is 12.2 Å². The highest BCUT2D eigenvalue weighted by Crippen LogP contribution is 2.23. The van der Waals surface area contributed by atoms with Crippen LogP contribution in [0.1, 0.15) is 48.8 Å². The van der Waals surface area contributed by atoms with E-state index in [4.69, 9.17) is 5.73 Å². The summed E-state index contributed by atoms with van der Waals surface area (Å²) in [6.45, 7) is 5.90. The van der Waals surface area contributed by atoms with Gasteiger partial charge in [0.2, 0.25) is 0 Å². The largest absolute Gasteiger partial charge is 0.383 e. The molecule has 0 radical (unpaired) electrons. The molecule has 2 N–H and O–H groups in total. The van der Waals surface area contributed by atoms with Crippen molar-refractivity contribution in [1.82, 2.24) is 19.7 Å². The number of anilines is 1. The third-order valence-corrected chi connectivity index (χ3v) is 3.62. The Morgan fingerprint density at radius 3 is 2.57 bits per heavy atom. The fraction of sp³-hybridized carbons (Fsp3) is 0.400. The first kappa shape index (κ1) is 15.0. The van der Waals surface area contributed by atoms with Crippen molar-refractivity contribution in [3.05, 3.63) is 41.9 Å². The van der Waals surface area contributed by atoms with Crippen molar-refractivity contribution < 1.29 is 4.79 Å². The average Bonchev–Trinajstić information content (AvgIpc) is 2.87. The molecule has 0 unspecified atom stereocenters. The molecular formula is C15H21N5O. The second kappa shape index (κ2) is 5.95. The van der Waals surface area contributed by atoms with Gasteiger partial charge in [0.15, 0.2) is 0 Å². The fourth-order valence-electron chi connectivity index (χ4n) is 2.16. The van der Waals surface area contributed by atoms with Crippen molar-refractivity contribution in [3.63, 3.8) is 0 Å². The summed E-state index contributed by atoms with van der Waals surface area (Å²) in [5, 5.41) is 4.18. The van der Waals surface area contributed by atoms with Gasteiger partial charge in [-0.25, -0.2) is 4.68 Å². The van der Waals surface area contributed by atoms with Gasteiger partial charge in [0, 0.05) is 25.5 Å². The van der Waals surface area contributed by atoms with Crippen LogP contribution in [0.25, 0.3) is 0 Å². The maximum Gasteiger partial charge on any atom is 0.259 e. The Hall–Kier alpha value is -2.37. The van der Waals surface area contributed by atoms with Gasteiger partial charge in [0.25, 0.3) is 5.91 Å². The number of rotatable bonds is 4. The third-order valence-electron chi connectivity index (χ3n) is 3.62. The molecule has 2 rings (SSSR count). The number of hydrogen-bond donors (Lipinski definition) is 1. The lowest BCUT2D eigenvalue weighted by Crippen LogP contribution is -2.30. The number of nitrogen functional groups attached to an aromatic ring is 1. The fourth-order valence-corrected chi connectivity index (χ4v) is 2.16. The van der Waals surface area contributed by atoms with E-state index in [-0.39, 0.29) is 18.0 Å². The number of pyridine rings is 1. The third kappa shape index (κ3) is 2.89. The van der Waals surface area contributed by atoms with Gasteiger partial charge in [-0.2, -0.15) is 5.10 Å². The predicted octanol–water partition coefficient (Wildman–Crippen LogP) is 2.27. The molecule has 2 aromatic heterocycles. The van der Waals surface area contributed by atoms with E-state index in [0.29, 0.717) is 11.4 Å². The van der Waals surface area contributed by atoms with Gasteiger partial charge in [-0.3, -0.25) is 9.78 Å². The maximum atomic E-state index is 12.6. The first-order valence-corrected chi connectivity index (χ1v) is 6.93. The molecule has 0 saturated carbocycles. The SMILES string of the molecule is CC(C)n1ncc(C(=O)N(C)[C@H](C)c2cccnc2)c1N. The van der Waals surface area contributed by atoms with Crippen molar-refractivity contribution in [2.75, 3.05) is 12.8 Å². The number of nitrogens with two attached hydrogens (primary N) is 1. The first-order valence-electron chi connectivity index (χ1n) is 6.93. The Labute approximate surface area is 124 Å². The predicted molar refractivity (Wildman–Crippen MR) is 81.8 cm³/mol. The Bertz CT molecular complexity index is 620. The Morgan fingerprint density at radius 1 is 1.33 bits per heavy atom. The van der Waals surface area contributed by atoms with Crippen LogP contribution < -0.4 is 5.73 Å². The molecule has 0 aliphatic heterocycles. The smallest absolute Gasteiger partial charge is 0.259 e. The highest BCUT2D eigenvalue weighted by Gasteiger charge is 2.23. The summed E-state index contributed by atoms with van der Waals surface area (Å²) in [7, 11) is 1.76. The van der Waals surface area contributed by atoms with E-state index in [2.05, 4.69) is 10.1 Å². The molecule has 0 aliphatic carbocycles. The molecule has 2 aromatic rings. The lowest BCUT2D eigenvalue weighted by atomic mass is 10.1. The summed E-state index contributed by atoms with van der Waals surface area (Å²) < 4.78 is 1.65. The quantitative estimate of drug-likeness (QED) is 0.935. The molecule has 0 saturated heterocycles. The number of carbonyl (C=O) groups is 1. The molecule has 6 nitrogen and oxygen atoms in total. The van der Waals surface area contributed by atoms with Gasteiger partial charge < -0.3 is 10.6 Å². The van der Waals surface area contributed by atoms with Crippen LogP contribution in [0.3, 0.4) is 0 Å². The van der Waals surface area contributed by atoms with Crippen LogP contribution in [0.15, 0.2) is 30.7 Å². The molecule has 2 heterocycles. The zero-order valence-electron chi connectivity index (χ0n) is 12.8. The van der Waals surface area contributed by atoms with Crippen molar-refractivity contribution in [3.8, 4) is 0 Å². The lowest BCUT2D eigenvalue weighted by molar-refractivity contribution is 0.0743. The summed E-state index contributed by atoms with van der Waals surface area (Å²) in [6, 6.07) is 3.83. The number of carbonyl (C=O) groups excluding carboxylic acids is 1. The van der Waals surface area contributed by atoms with Crippen LogP contribution in [0, 0.1) is 0 Å². The first-order chi connectivity index (χ1) is 9.93. The van der Waals surface area contributed by atoms with Gasteiger partial charge in [-0.1, -0.05) is 6.07 Å². The van der Waals surface area contributed by atoms with E-state index in [1.165, 1.54) is 6.20 Å². The molecule has 21 heavy (non-hydrogen) atoms. The van der Waals surface area contributed by atoms with Gasteiger partial charge in [-0.05, 0) is 32.4 Å². The highest BCUT2D eigenvalue weighted by atomic mass is 16.2. The van der Waals surface area contributed by atoms with Crippen LogP contribution in [0.2, 0.25) is 0 Å². The topological polar surface area (TPSA) is 77.0 Å². The van der Waals surface area contributed by atoms with E-state index < -0.39 is 0 Å². The van der Waals surface area contributed by atoms with E-state index in [9.17, 15) is 4.79 Å². The Balaban J connectivity index is 2.24. The minimum atomic E-state index is -0.143. The minimum Gasteiger partial charge on any atom is -0.383 e. The molecule has 0 aliphatic rings. The van der Waals surface area contributed by atoms with Crippen molar-refractivity contribution >= 4 is 11.7 Å². The molecule has 0 fully saturated rings. The van der Waals surface area contributed by atoms with Crippen LogP contribution in [0.4, 0.5) is 5.82 Å². The molecule has 6 heteroatoms. The summed E-state index contributed by atoms with van der Waals surface area (Å²) in [6.07, 6.45) is 5.00. The normalized spacial score (nSPS) is 12.4. The van der Waals surface area contributed by atoms with E-state index in [1.54, 1.807) is 29.0 Å². The number of nitrogens with zero attached hydrogens (tertiary/aromatic N) is 4. The van der Waals surface area contributed by atoms with Crippen LogP contribution in [-0.2, 0) is 0 Å². The molecule has 1 amide bonds. The number of aromatic nitrogens is 3. The van der Waals surface area contributed by atoms with Crippen molar-refractivity contribution in [2.24, 2.45) is 0 Å². The van der Waals surface area contributed by atoms with Gasteiger partial charge >= 0.3 is 0 Å². The van der Waals surface area contributed by atoms with E-state index >= 15 is 0 Å². The molecule has 0 bridgehead atoms. The highest BCUT2D eigenvalue weighted by molar-refractivity contribution is 5.98. The molecular weight excluding hydrogens is 266 g/mol. The van der Waals surface area contributed by atoms with Crippen molar-refractivity contribution in [1.29, 1.82) is 0 Å².